The van der Waals surface area contributed by atoms with Crippen molar-refractivity contribution in [2.45, 2.75) is 245 Å². The molecular formula is C57H96O6. The Kier molecular flexibility index (Phi) is 48.5. The fourth-order valence-corrected chi connectivity index (χ4v) is 6.99. The summed E-state index contributed by atoms with van der Waals surface area (Å²) in [6, 6.07) is 0. The maximum Gasteiger partial charge on any atom is 0.306 e. The molecule has 0 aliphatic rings. The van der Waals surface area contributed by atoms with E-state index in [4.69, 9.17) is 14.2 Å². The Morgan fingerprint density at radius 2 is 0.651 bits per heavy atom. The van der Waals surface area contributed by atoms with Crippen LogP contribution in [0.2, 0.25) is 0 Å². The number of unbranched alkanes of at least 4 members (excludes halogenated alkanes) is 21. The van der Waals surface area contributed by atoms with E-state index in [0.29, 0.717) is 19.3 Å². The molecule has 1 unspecified atom stereocenters. The Bertz CT molecular complexity index is 1240. The molecule has 6 heteroatoms. The van der Waals surface area contributed by atoms with E-state index in [1.807, 2.05) is 12.2 Å². The molecule has 0 aromatic heterocycles. The number of carbonyl (C=O) groups is 3. The van der Waals surface area contributed by atoms with E-state index in [-0.39, 0.29) is 31.6 Å². The van der Waals surface area contributed by atoms with Crippen molar-refractivity contribution in [3.05, 3.63) is 85.1 Å². The summed E-state index contributed by atoms with van der Waals surface area (Å²) in [6.45, 7) is 6.37. The van der Waals surface area contributed by atoms with Gasteiger partial charge in [-0.2, -0.15) is 0 Å². The number of hydrogen-bond acceptors (Lipinski definition) is 6. The predicted octanol–water partition coefficient (Wildman–Crippen LogP) is 17.2. The fraction of sp³-hybridized carbons (Fsp3) is 0.702. The largest absolute Gasteiger partial charge is 0.462 e. The van der Waals surface area contributed by atoms with Crippen molar-refractivity contribution in [2.24, 2.45) is 0 Å². The summed E-state index contributed by atoms with van der Waals surface area (Å²) in [5.74, 6) is -1.01. The average molecular weight is 877 g/mol. The van der Waals surface area contributed by atoms with Gasteiger partial charge >= 0.3 is 17.9 Å². The molecule has 0 bridgehead atoms. The molecule has 0 fully saturated rings. The van der Waals surface area contributed by atoms with E-state index in [1.54, 1.807) is 0 Å². The molecule has 0 aliphatic heterocycles. The Morgan fingerprint density at radius 3 is 1.03 bits per heavy atom. The molecule has 6 nitrogen and oxygen atoms in total. The zero-order valence-corrected chi connectivity index (χ0v) is 41.1. The smallest absolute Gasteiger partial charge is 0.306 e. The van der Waals surface area contributed by atoms with Crippen LogP contribution in [-0.4, -0.2) is 37.2 Å². The molecule has 0 amide bonds. The first-order valence-corrected chi connectivity index (χ1v) is 26.1. The van der Waals surface area contributed by atoms with Gasteiger partial charge in [0.05, 0.1) is 0 Å². The highest BCUT2D eigenvalue weighted by molar-refractivity contribution is 5.71. The maximum atomic E-state index is 12.7. The van der Waals surface area contributed by atoms with E-state index >= 15 is 0 Å². The number of allylic oxidation sites excluding steroid dienone is 14. The number of esters is 3. The zero-order valence-electron chi connectivity index (χ0n) is 41.1. The minimum Gasteiger partial charge on any atom is -0.462 e. The number of rotatable bonds is 46. The van der Waals surface area contributed by atoms with Gasteiger partial charge in [0.1, 0.15) is 13.2 Å². The summed E-state index contributed by atoms with van der Waals surface area (Å²) in [5.41, 5.74) is 0. The average Bonchev–Trinajstić information content (AvgIpc) is 3.28. The van der Waals surface area contributed by atoms with Crippen LogP contribution in [0.1, 0.15) is 239 Å². The van der Waals surface area contributed by atoms with Crippen LogP contribution in [0, 0.1) is 0 Å². The van der Waals surface area contributed by atoms with Crippen molar-refractivity contribution in [2.75, 3.05) is 13.2 Å². The van der Waals surface area contributed by atoms with E-state index in [9.17, 15) is 14.4 Å². The lowest BCUT2D eigenvalue weighted by Gasteiger charge is -2.18. The minimum absolute atomic E-state index is 0.108. The standard InChI is InChI=1S/C57H96O6/c1-4-7-10-13-15-17-19-21-23-25-27-28-30-31-33-35-37-39-41-44-47-50-56(59)62-53-54(52-61-55(58)49-46-43-12-9-6-3)63-57(60)51-48-45-42-40-38-36-34-32-29-26-24-22-20-18-16-14-11-8-5-2/h8,11,16,18,22,24-25,27,29,32,36,38,42,45,54H,4-7,9-10,12-15,17,19-21,23,26,28,30-31,33-35,37,39-41,43-44,46-53H2,1-3H3/b11-8-,18-16-,24-22-,27-25-,32-29-,38-36-,45-42-. The SMILES string of the molecule is CC/C=C\C/C=C\C/C=C\C/C=C\C/C=C\C/C=C\CCC(=O)OC(COC(=O)CCCCCCC)COC(=O)CCCCCCCCCCC/C=C\CCCCCCCCCC. The normalized spacial score (nSPS) is 12.7. The van der Waals surface area contributed by atoms with Gasteiger partial charge in [0.25, 0.3) is 0 Å². The lowest BCUT2D eigenvalue weighted by Crippen LogP contribution is -2.30. The molecule has 0 rings (SSSR count). The van der Waals surface area contributed by atoms with Crippen LogP contribution >= 0.6 is 0 Å². The first-order valence-electron chi connectivity index (χ1n) is 26.1. The maximum absolute atomic E-state index is 12.7. The molecular weight excluding hydrogens is 781 g/mol. The van der Waals surface area contributed by atoms with E-state index in [1.165, 1.54) is 103 Å². The highest BCUT2D eigenvalue weighted by Gasteiger charge is 2.19. The lowest BCUT2D eigenvalue weighted by atomic mass is 10.1. The molecule has 360 valence electrons. The molecule has 0 aromatic rings. The topological polar surface area (TPSA) is 78.9 Å². The second-order valence-electron chi connectivity index (χ2n) is 17.1. The Hall–Kier alpha value is -3.41. The van der Waals surface area contributed by atoms with Crippen LogP contribution in [0.15, 0.2) is 85.1 Å². The Labute approximate surface area is 388 Å². The summed E-state index contributed by atoms with van der Waals surface area (Å²) in [7, 11) is 0. The van der Waals surface area contributed by atoms with Crippen molar-refractivity contribution in [3.8, 4) is 0 Å². The first kappa shape index (κ1) is 59.6. The quantitative estimate of drug-likeness (QED) is 0.0262. The fourth-order valence-electron chi connectivity index (χ4n) is 6.99. The molecule has 0 N–H and O–H groups in total. The van der Waals surface area contributed by atoms with E-state index in [2.05, 4.69) is 93.7 Å². The highest BCUT2D eigenvalue weighted by Crippen LogP contribution is 2.14. The van der Waals surface area contributed by atoms with Crippen LogP contribution in [0.3, 0.4) is 0 Å². The molecule has 0 aliphatic carbocycles. The van der Waals surface area contributed by atoms with Gasteiger partial charge in [0.2, 0.25) is 0 Å². The molecule has 0 spiro atoms. The van der Waals surface area contributed by atoms with Gasteiger partial charge in [-0.3, -0.25) is 14.4 Å². The molecule has 0 saturated heterocycles. The van der Waals surface area contributed by atoms with Crippen molar-refractivity contribution >= 4 is 17.9 Å². The van der Waals surface area contributed by atoms with Gasteiger partial charge in [-0.05, 0) is 83.5 Å². The number of ether oxygens (including phenoxy) is 3. The first-order chi connectivity index (χ1) is 31.0. The third-order valence-corrected chi connectivity index (χ3v) is 10.9. The third kappa shape index (κ3) is 49.5. The van der Waals surface area contributed by atoms with Gasteiger partial charge in [-0.15, -0.1) is 0 Å². The van der Waals surface area contributed by atoms with Crippen LogP contribution < -0.4 is 0 Å². The zero-order chi connectivity index (χ0) is 45.8. The highest BCUT2D eigenvalue weighted by atomic mass is 16.6. The summed E-state index contributed by atoms with van der Waals surface area (Å²) >= 11 is 0. The molecule has 1 atom stereocenters. The van der Waals surface area contributed by atoms with Crippen LogP contribution in [0.4, 0.5) is 0 Å². The van der Waals surface area contributed by atoms with Gasteiger partial charge in [-0.1, -0.05) is 221 Å². The van der Waals surface area contributed by atoms with E-state index < -0.39 is 12.1 Å². The molecule has 0 aromatic carbocycles. The van der Waals surface area contributed by atoms with E-state index in [0.717, 1.165) is 89.9 Å². The monoisotopic (exact) mass is 877 g/mol. The van der Waals surface area contributed by atoms with Crippen LogP contribution in [0.25, 0.3) is 0 Å². The lowest BCUT2D eigenvalue weighted by molar-refractivity contribution is -0.166. The minimum atomic E-state index is -0.813. The number of hydrogen-bond donors (Lipinski definition) is 0. The van der Waals surface area contributed by atoms with Gasteiger partial charge in [-0.25, -0.2) is 0 Å². The number of carbonyl (C=O) groups excluding carboxylic acids is 3. The Morgan fingerprint density at radius 1 is 0.333 bits per heavy atom. The second kappa shape index (κ2) is 51.2. The van der Waals surface area contributed by atoms with Gasteiger partial charge < -0.3 is 14.2 Å². The molecule has 0 saturated carbocycles. The van der Waals surface area contributed by atoms with Crippen molar-refractivity contribution in [1.82, 2.24) is 0 Å². The summed E-state index contributed by atoms with van der Waals surface area (Å²) in [5, 5.41) is 0. The van der Waals surface area contributed by atoms with Crippen LogP contribution in [-0.2, 0) is 28.6 Å². The molecule has 0 heterocycles. The summed E-state index contributed by atoms with van der Waals surface area (Å²) < 4.78 is 16.6. The summed E-state index contributed by atoms with van der Waals surface area (Å²) in [6.07, 6.45) is 66.2. The van der Waals surface area contributed by atoms with Crippen LogP contribution in [0.5, 0.6) is 0 Å². The summed E-state index contributed by atoms with van der Waals surface area (Å²) in [4.78, 5) is 37.6. The van der Waals surface area contributed by atoms with Crippen molar-refractivity contribution in [1.29, 1.82) is 0 Å². The van der Waals surface area contributed by atoms with Crippen molar-refractivity contribution in [3.63, 3.8) is 0 Å². The second-order valence-corrected chi connectivity index (χ2v) is 17.1. The predicted molar refractivity (Wildman–Crippen MR) is 270 cm³/mol. The molecule has 63 heavy (non-hydrogen) atoms. The van der Waals surface area contributed by atoms with Gasteiger partial charge in [0, 0.05) is 19.3 Å². The molecule has 0 radical (unpaired) electrons. The third-order valence-electron chi connectivity index (χ3n) is 10.9. The Balaban J connectivity index is 4.26. The van der Waals surface area contributed by atoms with Crippen molar-refractivity contribution < 1.29 is 28.6 Å². The van der Waals surface area contributed by atoms with Gasteiger partial charge in [0.15, 0.2) is 6.10 Å².